The summed E-state index contributed by atoms with van der Waals surface area (Å²) in [5.41, 5.74) is 0. The standard InChI is InChI=1S/C8H17NO2S/c1-6(4-7(2)10)9-8(11)5-12-3/h6-7,10H,4-5H2,1-3H3,(H,9,11). The topological polar surface area (TPSA) is 49.3 Å². The monoisotopic (exact) mass is 191 g/mol. The molecule has 0 saturated carbocycles. The Hall–Kier alpha value is -0.220. The Balaban J connectivity index is 3.54. The van der Waals surface area contributed by atoms with Crippen LogP contribution in [-0.4, -0.2) is 35.2 Å². The van der Waals surface area contributed by atoms with Gasteiger partial charge in [0.2, 0.25) is 5.91 Å². The maximum atomic E-state index is 11.0. The van der Waals surface area contributed by atoms with Gasteiger partial charge in [-0.2, -0.15) is 11.8 Å². The number of rotatable bonds is 5. The van der Waals surface area contributed by atoms with Gasteiger partial charge in [0.05, 0.1) is 11.9 Å². The molecule has 0 aromatic carbocycles. The second-order valence-electron chi connectivity index (χ2n) is 2.99. The van der Waals surface area contributed by atoms with Crippen molar-refractivity contribution in [1.29, 1.82) is 0 Å². The Bertz CT molecular complexity index is 139. The van der Waals surface area contributed by atoms with Crippen LogP contribution in [0.4, 0.5) is 0 Å². The Morgan fingerprint density at radius 1 is 1.58 bits per heavy atom. The smallest absolute Gasteiger partial charge is 0.230 e. The van der Waals surface area contributed by atoms with E-state index in [1.807, 2.05) is 13.2 Å². The first-order chi connectivity index (χ1) is 5.56. The third-order valence-electron chi connectivity index (χ3n) is 1.38. The summed E-state index contributed by atoms with van der Waals surface area (Å²) < 4.78 is 0. The van der Waals surface area contributed by atoms with Crippen molar-refractivity contribution in [1.82, 2.24) is 5.32 Å². The molecule has 0 aliphatic rings. The summed E-state index contributed by atoms with van der Waals surface area (Å²) in [5.74, 6) is 0.528. The van der Waals surface area contributed by atoms with E-state index in [4.69, 9.17) is 5.11 Å². The van der Waals surface area contributed by atoms with E-state index in [1.54, 1.807) is 6.92 Å². The van der Waals surface area contributed by atoms with Crippen LogP contribution < -0.4 is 5.32 Å². The van der Waals surface area contributed by atoms with Crippen LogP contribution in [0.2, 0.25) is 0 Å². The van der Waals surface area contributed by atoms with Gasteiger partial charge in [0.1, 0.15) is 0 Å². The largest absolute Gasteiger partial charge is 0.393 e. The highest BCUT2D eigenvalue weighted by atomic mass is 32.2. The number of carbonyl (C=O) groups excluding carboxylic acids is 1. The first-order valence-electron chi connectivity index (χ1n) is 4.02. The van der Waals surface area contributed by atoms with Gasteiger partial charge < -0.3 is 10.4 Å². The lowest BCUT2D eigenvalue weighted by Crippen LogP contribution is -2.35. The number of nitrogens with one attached hydrogen (secondary N) is 1. The minimum Gasteiger partial charge on any atom is -0.393 e. The van der Waals surface area contributed by atoms with Gasteiger partial charge in [-0.3, -0.25) is 4.79 Å². The molecular weight excluding hydrogens is 174 g/mol. The van der Waals surface area contributed by atoms with Crippen LogP contribution in [-0.2, 0) is 4.79 Å². The number of aliphatic hydroxyl groups excluding tert-OH is 1. The molecule has 0 aromatic rings. The molecule has 2 unspecified atom stereocenters. The Morgan fingerprint density at radius 3 is 2.58 bits per heavy atom. The zero-order chi connectivity index (χ0) is 9.56. The molecule has 1 amide bonds. The van der Waals surface area contributed by atoms with Crippen molar-refractivity contribution in [3.05, 3.63) is 0 Å². The normalized spacial score (nSPS) is 15.3. The molecule has 0 heterocycles. The van der Waals surface area contributed by atoms with E-state index in [9.17, 15) is 4.79 Å². The van der Waals surface area contributed by atoms with Gasteiger partial charge in [-0.1, -0.05) is 0 Å². The summed E-state index contributed by atoms with van der Waals surface area (Å²) in [6.45, 7) is 3.61. The molecule has 12 heavy (non-hydrogen) atoms. The molecule has 4 heteroatoms. The van der Waals surface area contributed by atoms with Crippen LogP contribution in [0, 0.1) is 0 Å². The lowest BCUT2D eigenvalue weighted by Gasteiger charge is -2.14. The second-order valence-corrected chi connectivity index (χ2v) is 3.85. The number of amides is 1. The van der Waals surface area contributed by atoms with Crippen molar-refractivity contribution in [3.63, 3.8) is 0 Å². The predicted octanol–water partition coefficient (Wildman–Crippen LogP) is 0.625. The molecule has 0 fully saturated rings. The SMILES string of the molecule is CSCC(=O)NC(C)CC(C)O. The molecule has 2 N–H and O–H groups in total. The first-order valence-corrected chi connectivity index (χ1v) is 5.42. The molecule has 0 saturated heterocycles. The van der Waals surface area contributed by atoms with Gasteiger partial charge in [-0.25, -0.2) is 0 Å². The van der Waals surface area contributed by atoms with E-state index >= 15 is 0 Å². The van der Waals surface area contributed by atoms with Crippen LogP contribution in [0.1, 0.15) is 20.3 Å². The number of hydrogen-bond donors (Lipinski definition) is 2. The van der Waals surface area contributed by atoms with Gasteiger partial charge >= 0.3 is 0 Å². The summed E-state index contributed by atoms with van der Waals surface area (Å²) in [6, 6.07) is 0.0599. The molecule has 3 nitrogen and oxygen atoms in total. The fourth-order valence-corrected chi connectivity index (χ4v) is 1.36. The molecule has 0 aliphatic heterocycles. The number of thioether (sulfide) groups is 1. The highest BCUT2D eigenvalue weighted by molar-refractivity contribution is 7.99. The molecule has 0 radical (unpaired) electrons. The Kier molecular flexibility index (Phi) is 6.20. The van der Waals surface area contributed by atoms with Crippen LogP contribution in [0.3, 0.4) is 0 Å². The molecule has 0 aliphatic carbocycles. The zero-order valence-corrected chi connectivity index (χ0v) is 8.65. The average Bonchev–Trinajstić information content (AvgIpc) is 1.84. The van der Waals surface area contributed by atoms with Gasteiger partial charge in [0, 0.05) is 6.04 Å². The summed E-state index contributed by atoms with van der Waals surface area (Å²) in [5, 5.41) is 11.8. The fraction of sp³-hybridized carbons (Fsp3) is 0.875. The number of aliphatic hydroxyl groups is 1. The molecular formula is C8H17NO2S. The van der Waals surface area contributed by atoms with Crippen molar-refractivity contribution >= 4 is 17.7 Å². The fourth-order valence-electron chi connectivity index (χ4n) is 1.02. The lowest BCUT2D eigenvalue weighted by atomic mass is 10.1. The summed E-state index contributed by atoms with van der Waals surface area (Å²) in [6.07, 6.45) is 2.15. The number of hydrogen-bond acceptors (Lipinski definition) is 3. The maximum Gasteiger partial charge on any atom is 0.230 e. The Labute approximate surface area is 77.9 Å². The maximum absolute atomic E-state index is 11.0. The molecule has 2 atom stereocenters. The predicted molar refractivity (Wildman–Crippen MR) is 52.3 cm³/mol. The van der Waals surface area contributed by atoms with E-state index in [0.29, 0.717) is 12.2 Å². The van der Waals surface area contributed by atoms with Crippen LogP contribution in [0.25, 0.3) is 0 Å². The minimum atomic E-state index is -0.352. The van der Waals surface area contributed by atoms with Crippen molar-refractivity contribution in [3.8, 4) is 0 Å². The van der Waals surface area contributed by atoms with E-state index in [-0.39, 0.29) is 18.1 Å². The summed E-state index contributed by atoms with van der Waals surface area (Å²) in [4.78, 5) is 11.0. The zero-order valence-electron chi connectivity index (χ0n) is 7.83. The lowest BCUT2D eigenvalue weighted by molar-refractivity contribution is -0.119. The van der Waals surface area contributed by atoms with Gasteiger partial charge in [-0.05, 0) is 26.5 Å². The minimum absolute atomic E-state index is 0.0376. The molecule has 0 aromatic heterocycles. The van der Waals surface area contributed by atoms with E-state index in [1.165, 1.54) is 11.8 Å². The van der Waals surface area contributed by atoms with Crippen molar-refractivity contribution in [2.45, 2.75) is 32.4 Å². The average molecular weight is 191 g/mol. The number of carbonyl (C=O) groups is 1. The third kappa shape index (κ3) is 6.49. The highest BCUT2D eigenvalue weighted by Gasteiger charge is 2.08. The first kappa shape index (κ1) is 11.8. The molecule has 0 bridgehead atoms. The second kappa shape index (κ2) is 6.31. The van der Waals surface area contributed by atoms with E-state index in [0.717, 1.165) is 0 Å². The summed E-state index contributed by atoms with van der Waals surface area (Å²) in [7, 11) is 0. The highest BCUT2D eigenvalue weighted by Crippen LogP contribution is 1.97. The van der Waals surface area contributed by atoms with E-state index in [2.05, 4.69) is 5.32 Å². The molecule has 0 spiro atoms. The Morgan fingerprint density at radius 2 is 2.17 bits per heavy atom. The van der Waals surface area contributed by atoms with E-state index < -0.39 is 0 Å². The summed E-state index contributed by atoms with van der Waals surface area (Å²) >= 11 is 1.50. The van der Waals surface area contributed by atoms with Gasteiger partial charge in [0.25, 0.3) is 0 Å². The van der Waals surface area contributed by atoms with Crippen LogP contribution in [0.5, 0.6) is 0 Å². The molecule has 72 valence electrons. The quantitative estimate of drug-likeness (QED) is 0.670. The third-order valence-corrected chi connectivity index (χ3v) is 1.93. The van der Waals surface area contributed by atoms with Gasteiger partial charge in [-0.15, -0.1) is 0 Å². The van der Waals surface area contributed by atoms with Crippen molar-refractivity contribution in [2.75, 3.05) is 12.0 Å². The van der Waals surface area contributed by atoms with Crippen molar-refractivity contribution in [2.24, 2.45) is 0 Å². The van der Waals surface area contributed by atoms with Crippen LogP contribution >= 0.6 is 11.8 Å². The van der Waals surface area contributed by atoms with Crippen LogP contribution in [0.15, 0.2) is 0 Å². The van der Waals surface area contributed by atoms with Gasteiger partial charge in [0.15, 0.2) is 0 Å². The molecule has 0 rings (SSSR count). The van der Waals surface area contributed by atoms with Crippen molar-refractivity contribution < 1.29 is 9.90 Å².